The zero-order chi connectivity index (χ0) is 19.7. The van der Waals surface area contributed by atoms with Gasteiger partial charge in [-0.05, 0) is 45.4 Å². The second-order valence-electron chi connectivity index (χ2n) is 6.77. The number of methoxy groups -OCH3 is 1. The van der Waals surface area contributed by atoms with Crippen LogP contribution >= 0.6 is 0 Å². The lowest BCUT2D eigenvalue weighted by molar-refractivity contribution is -0.123. The molecule has 26 heavy (non-hydrogen) atoms. The molecule has 0 unspecified atom stereocenters. The van der Waals surface area contributed by atoms with Crippen molar-refractivity contribution in [3.05, 3.63) is 29.8 Å². The van der Waals surface area contributed by atoms with Gasteiger partial charge in [0, 0.05) is 19.3 Å². The minimum atomic E-state index is -0.741. The average Bonchev–Trinajstić information content (AvgIpc) is 2.51. The molecule has 0 bridgehead atoms. The van der Waals surface area contributed by atoms with Gasteiger partial charge in [-0.25, -0.2) is 4.79 Å². The van der Waals surface area contributed by atoms with Crippen LogP contribution in [0.15, 0.2) is 24.3 Å². The van der Waals surface area contributed by atoms with Gasteiger partial charge in [-0.15, -0.1) is 0 Å². The van der Waals surface area contributed by atoms with E-state index in [0.29, 0.717) is 5.69 Å². The maximum absolute atomic E-state index is 12.1. The fourth-order valence-corrected chi connectivity index (χ4v) is 1.98. The molecule has 0 saturated carbocycles. The second-order valence-corrected chi connectivity index (χ2v) is 6.77. The molecule has 8 heteroatoms. The molecule has 144 valence electrons. The van der Waals surface area contributed by atoms with Gasteiger partial charge in [-0.1, -0.05) is 12.1 Å². The molecule has 0 radical (unpaired) electrons. The highest BCUT2D eigenvalue weighted by molar-refractivity contribution is 5.91. The minimum absolute atomic E-state index is 0.0329. The van der Waals surface area contributed by atoms with Crippen LogP contribution in [-0.4, -0.2) is 43.3 Å². The van der Waals surface area contributed by atoms with Crippen molar-refractivity contribution < 1.29 is 23.9 Å². The average molecular weight is 365 g/mol. The molecule has 1 atom stereocenters. The highest BCUT2D eigenvalue weighted by atomic mass is 16.6. The first-order valence-electron chi connectivity index (χ1n) is 8.25. The number of amides is 3. The lowest BCUT2D eigenvalue weighted by Gasteiger charge is -2.21. The molecule has 0 heterocycles. The van der Waals surface area contributed by atoms with Gasteiger partial charge in [0.2, 0.25) is 11.8 Å². The summed E-state index contributed by atoms with van der Waals surface area (Å²) < 4.78 is 9.87. The maximum Gasteiger partial charge on any atom is 0.408 e. The molecule has 0 aromatic heterocycles. The number of hydrogen-bond acceptors (Lipinski definition) is 5. The van der Waals surface area contributed by atoms with Gasteiger partial charge in [0.25, 0.3) is 0 Å². The zero-order valence-electron chi connectivity index (χ0n) is 15.8. The number of anilines is 1. The molecule has 0 aliphatic carbocycles. The third-order valence-corrected chi connectivity index (χ3v) is 3.08. The van der Waals surface area contributed by atoms with E-state index in [-0.39, 0.29) is 25.0 Å². The smallest absolute Gasteiger partial charge is 0.408 e. The fraction of sp³-hybridized carbons (Fsp3) is 0.500. The Balaban J connectivity index is 2.51. The minimum Gasteiger partial charge on any atom is -0.444 e. The first-order valence-corrected chi connectivity index (χ1v) is 8.25. The molecular formula is C18H27N3O5. The summed E-state index contributed by atoms with van der Waals surface area (Å²) in [6.45, 7) is 7.03. The standard InChI is InChI=1S/C18H27N3O5/c1-12(20-17(24)26-18(2,3)4)16(23)19-10-13-7-6-8-14(9-13)21-15(22)11-25-5/h6-9,12H,10-11H2,1-5H3,(H,19,23)(H,20,24)(H,21,22)/t12-/m1/s1. The number of carbonyl (C=O) groups excluding carboxylic acids is 3. The molecule has 0 aliphatic rings. The third-order valence-electron chi connectivity index (χ3n) is 3.08. The van der Waals surface area contributed by atoms with Gasteiger partial charge in [-0.2, -0.15) is 0 Å². The Kier molecular flexibility index (Phi) is 8.05. The molecule has 3 amide bonds. The normalized spacial score (nSPS) is 12.0. The van der Waals surface area contributed by atoms with Gasteiger partial charge in [-0.3, -0.25) is 9.59 Å². The highest BCUT2D eigenvalue weighted by Gasteiger charge is 2.20. The third kappa shape index (κ3) is 8.48. The molecular weight excluding hydrogens is 338 g/mol. The van der Waals surface area contributed by atoms with Crippen molar-refractivity contribution in [1.29, 1.82) is 0 Å². The van der Waals surface area contributed by atoms with E-state index in [1.54, 1.807) is 45.9 Å². The Hall–Kier alpha value is -2.61. The number of benzene rings is 1. The number of rotatable bonds is 7. The summed E-state index contributed by atoms with van der Waals surface area (Å²) in [7, 11) is 1.44. The van der Waals surface area contributed by atoms with Crippen LogP contribution in [0.2, 0.25) is 0 Å². The van der Waals surface area contributed by atoms with E-state index in [1.807, 2.05) is 6.07 Å². The number of carbonyl (C=O) groups is 3. The predicted molar refractivity (Wildman–Crippen MR) is 97.6 cm³/mol. The first kappa shape index (κ1) is 21.4. The molecule has 0 aliphatic heterocycles. The van der Waals surface area contributed by atoms with E-state index in [2.05, 4.69) is 16.0 Å². The maximum atomic E-state index is 12.1. The molecule has 0 fully saturated rings. The van der Waals surface area contributed by atoms with E-state index in [0.717, 1.165) is 5.56 Å². The molecule has 8 nitrogen and oxygen atoms in total. The van der Waals surface area contributed by atoms with E-state index in [1.165, 1.54) is 7.11 Å². The van der Waals surface area contributed by atoms with Crippen LogP contribution in [0.3, 0.4) is 0 Å². The molecule has 1 aromatic carbocycles. The van der Waals surface area contributed by atoms with Crippen LogP contribution in [-0.2, 0) is 25.6 Å². The van der Waals surface area contributed by atoms with E-state index >= 15 is 0 Å². The summed E-state index contributed by atoms with van der Waals surface area (Å²) in [4.78, 5) is 35.3. The number of hydrogen-bond donors (Lipinski definition) is 3. The topological polar surface area (TPSA) is 106 Å². The second kappa shape index (κ2) is 9.76. The van der Waals surface area contributed by atoms with Crippen molar-refractivity contribution in [3.8, 4) is 0 Å². The molecule has 0 spiro atoms. The van der Waals surface area contributed by atoms with Crippen LogP contribution in [0, 0.1) is 0 Å². The molecule has 3 N–H and O–H groups in total. The molecule has 1 rings (SSSR count). The van der Waals surface area contributed by atoms with E-state index in [4.69, 9.17) is 9.47 Å². The summed E-state index contributed by atoms with van der Waals surface area (Å²) in [5.74, 6) is -0.603. The Labute approximate surface area is 153 Å². The lowest BCUT2D eigenvalue weighted by atomic mass is 10.2. The van der Waals surface area contributed by atoms with Crippen LogP contribution in [0.5, 0.6) is 0 Å². The van der Waals surface area contributed by atoms with Crippen molar-refractivity contribution >= 4 is 23.6 Å². The Morgan fingerprint density at radius 3 is 2.50 bits per heavy atom. The van der Waals surface area contributed by atoms with Crippen LogP contribution in [0.1, 0.15) is 33.3 Å². The summed E-state index contributed by atoms with van der Waals surface area (Å²) in [6.07, 6.45) is -0.650. The van der Waals surface area contributed by atoms with E-state index < -0.39 is 17.7 Å². The zero-order valence-corrected chi connectivity index (χ0v) is 15.8. The highest BCUT2D eigenvalue weighted by Crippen LogP contribution is 2.11. The summed E-state index contributed by atoms with van der Waals surface area (Å²) in [5, 5.41) is 7.90. The number of nitrogens with one attached hydrogen (secondary N) is 3. The summed E-state index contributed by atoms with van der Waals surface area (Å²) in [6, 6.07) is 6.34. The first-order chi connectivity index (χ1) is 12.1. The van der Waals surface area contributed by atoms with Crippen molar-refractivity contribution in [2.45, 2.75) is 45.9 Å². The van der Waals surface area contributed by atoms with Gasteiger partial charge in [0.15, 0.2) is 0 Å². The van der Waals surface area contributed by atoms with Crippen LogP contribution in [0.25, 0.3) is 0 Å². The van der Waals surface area contributed by atoms with Gasteiger partial charge in [0.1, 0.15) is 18.2 Å². The summed E-state index contributed by atoms with van der Waals surface area (Å²) >= 11 is 0. The van der Waals surface area contributed by atoms with Gasteiger partial charge >= 0.3 is 6.09 Å². The van der Waals surface area contributed by atoms with Crippen molar-refractivity contribution in [3.63, 3.8) is 0 Å². The predicted octanol–water partition coefficient (Wildman–Crippen LogP) is 1.80. The number of ether oxygens (including phenoxy) is 2. The quantitative estimate of drug-likeness (QED) is 0.683. The molecule has 0 saturated heterocycles. The lowest BCUT2D eigenvalue weighted by Crippen LogP contribution is -2.46. The Morgan fingerprint density at radius 1 is 1.19 bits per heavy atom. The van der Waals surface area contributed by atoms with E-state index in [9.17, 15) is 14.4 Å². The fourth-order valence-electron chi connectivity index (χ4n) is 1.98. The summed E-state index contributed by atoms with van der Waals surface area (Å²) in [5.41, 5.74) is 0.783. The van der Waals surface area contributed by atoms with Crippen LogP contribution < -0.4 is 16.0 Å². The van der Waals surface area contributed by atoms with Crippen molar-refractivity contribution in [2.75, 3.05) is 19.0 Å². The Bertz CT molecular complexity index is 640. The van der Waals surface area contributed by atoms with Gasteiger partial charge in [0.05, 0.1) is 0 Å². The largest absolute Gasteiger partial charge is 0.444 e. The number of alkyl carbamates (subject to hydrolysis) is 1. The van der Waals surface area contributed by atoms with Crippen molar-refractivity contribution in [1.82, 2.24) is 10.6 Å². The Morgan fingerprint density at radius 2 is 1.88 bits per heavy atom. The molecule has 1 aromatic rings. The van der Waals surface area contributed by atoms with Gasteiger partial charge < -0.3 is 25.4 Å². The van der Waals surface area contributed by atoms with Crippen LogP contribution in [0.4, 0.5) is 10.5 Å². The SMILES string of the molecule is COCC(=O)Nc1cccc(CNC(=O)[C@@H](C)NC(=O)OC(C)(C)C)c1. The monoisotopic (exact) mass is 365 g/mol. The van der Waals surface area contributed by atoms with Crippen molar-refractivity contribution in [2.24, 2.45) is 0 Å².